The Labute approximate surface area is 111 Å². The summed E-state index contributed by atoms with van der Waals surface area (Å²) in [6.07, 6.45) is 8.23. The summed E-state index contributed by atoms with van der Waals surface area (Å²) < 4.78 is 5.16. The largest absolute Gasteiger partial charge is 0.466 e. The number of ether oxygens (including phenoxy) is 1. The summed E-state index contributed by atoms with van der Waals surface area (Å²) in [4.78, 5) is 14.4. The smallest absolute Gasteiger partial charge is 0.307 e. The van der Waals surface area contributed by atoms with Crippen molar-refractivity contribution in [2.45, 2.75) is 64.3 Å². The van der Waals surface area contributed by atoms with Crippen molar-refractivity contribution in [2.75, 3.05) is 19.7 Å². The fourth-order valence-corrected chi connectivity index (χ4v) is 3.78. The Morgan fingerprint density at radius 3 is 2.33 bits per heavy atom. The summed E-state index contributed by atoms with van der Waals surface area (Å²) >= 11 is 0. The Morgan fingerprint density at radius 2 is 1.83 bits per heavy atom. The third-order valence-electron chi connectivity index (χ3n) is 4.51. The topological polar surface area (TPSA) is 29.5 Å². The number of nitrogens with zero attached hydrogens (tertiary/aromatic N) is 1. The SMILES string of the molecule is CCOC(=O)CC1(N2CCCCCC2)CC(C)C1. The summed E-state index contributed by atoms with van der Waals surface area (Å²) in [6.45, 7) is 7.03. The van der Waals surface area contributed by atoms with E-state index < -0.39 is 0 Å². The van der Waals surface area contributed by atoms with Crippen LogP contribution >= 0.6 is 0 Å². The molecule has 1 heterocycles. The van der Waals surface area contributed by atoms with Crippen LogP contribution in [-0.4, -0.2) is 36.1 Å². The molecule has 1 saturated carbocycles. The van der Waals surface area contributed by atoms with Crippen LogP contribution in [0, 0.1) is 5.92 Å². The fraction of sp³-hybridized carbons (Fsp3) is 0.933. The zero-order chi connectivity index (χ0) is 13.0. The van der Waals surface area contributed by atoms with Gasteiger partial charge in [-0.1, -0.05) is 19.8 Å². The van der Waals surface area contributed by atoms with Crippen molar-refractivity contribution in [3.63, 3.8) is 0 Å². The highest BCUT2D eigenvalue weighted by molar-refractivity contribution is 5.71. The Bertz CT molecular complexity index is 276. The van der Waals surface area contributed by atoms with E-state index in [-0.39, 0.29) is 11.5 Å². The molecular weight excluding hydrogens is 226 g/mol. The van der Waals surface area contributed by atoms with E-state index in [0.29, 0.717) is 13.0 Å². The van der Waals surface area contributed by atoms with Crippen molar-refractivity contribution in [2.24, 2.45) is 5.92 Å². The second-order valence-corrected chi connectivity index (χ2v) is 6.12. The number of carbonyl (C=O) groups is 1. The van der Waals surface area contributed by atoms with Gasteiger partial charge in [-0.15, -0.1) is 0 Å². The van der Waals surface area contributed by atoms with Gasteiger partial charge in [0.25, 0.3) is 0 Å². The maximum Gasteiger partial charge on any atom is 0.307 e. The number of esters is 1. The molecule has 0 aromatic rings. The predicted octanol–water partition coefficient (Wildman–Crippen LogP) is 2.98. The van der Waals surface area contributed by atoms with Crippen LogP contribution in [0.15, 0.2) is 0 Å². The Kier molecular flexibility index (Phi) is 4.66. The average Bonchev–Trinajstić information content (AvgIpc) is 2.55. The van der Waals surface area contributed by atoms with E-state index in [1.807, 2.05) is 6.92 Å². The first-order valence-electron chi connectivity index (χ1n) is 7.57. The molecule has 2 fully saturated rings. The van der Waals surface area contributed by atoms with Crippen molar-refractivity contribution in [1.29, 1.82) is 0 Å². The van der Waals surface area contributed by atoms with Crippen molar-refractivity contribution in [3.05, 3.63) is 0 Å². The molecule has 1 aliphatic heterocycles. The van der Waals surface area contributed by atoms with Gasteiger partial charge >= 0.3 is 5.97 Å². The van der Waals surface area contributed by atoms with Gasteiger partial charge in [0.2, 0.25) is 0 Å². The molecule has 0 radical (unpaired) electrons. The molecular formula is C15H27NO2. The van der Waals surface area contributed by atoms with E-state index in [2.05, 4.69) is 11.8 Å². The third kappa shape index (κ3) is 3.05. The van der Waals surface area contributed by atoms with E-state index >= 15 is 0 Å². The van der Waals surface area contributed by atoms with Crippen molar-refractivity contribution < 1.29 is 9.53 Å². The van der Waals surface area contributed by atoms with E-state index in [0.717, 1.165) is 5.92 Å². The minimum Gasteiger partial charge on any atom is -0.466 e. The molecule has 0 atom stereocenters. The van der Waals surface area contributed by atoms with E-state index in [1.165, 1.54) is 51.6 Å². The van der Waals surface area contributed by atoms with Crippen LogP contribution in [-0.2, 0) is 9.53 Å². The van der Waals surface area contributed by atoms with Crippen LogP contribution in [0.1, 0.15) is 58.8 Å². The minimum atomic E-state index is -0.00588. The van der Waals surface area contributed by atoms with Crippen molar-refractivity contribution in [1.82, 2.24) is 4.90 Å². The second-order valence-electron chi connectivity index (χ2n) is 6.12. The fourth-order valence-electron chi connectivity index (χ4n) is 3.78. The summed E-state index contributed by atoms with van der Waals surface area (Å²) in [6, 6.07) is 0. The van der Waals surface area contributed by atoms with Gasteiger partial charge in [-0.25, -0.2) is 0 Å². The van der Waals surface area contributed by atoms with Gasteiger partial charge in [-0.2, -0.15) is 0 Å². The first kappa shape index (κ1) is 13.9. The zero-order valence-corrected chi connectivity index (χ0v) is 11.9. The zero-order valence-electron chi connectivity index (χ0n) is 11.9. The van der Waals surface area contributed by atoms with Gasteiger partial charge in [0.05, 0.1) is 13.0 Å². The van der Waals surface area contributed by atoms with Crippen LogP contribution < -0.4 is 0 Å². The number of hydrogen-bond acceptors (Lipinski definition) is 3. The lowest BCUT2D eigenvalue weighted by molar-refractivity contribution is -0.150. The Hall–Kier alpha value is -0.570. The van der Waals surface area contributed by atoms with Crippen LogP contribution in [0.5, 0.6) is 0 Å². The molecule has 3 heteroatoms. The molecule has 0 N–H and O–H groups in total. The Balaban J connectivity index is 1.99. The predicted molar refractivity (Wildman–Crippen MR) is 72.4 cm³/mol. The monoisotopic (exact) mass is 253 g/mol. The molecule has 0 spiro atoms. The van der Waals surface area contributed by atoms with Crippen molar-refractivity contribution in [3.8, 4) is 0 Å². The lowest BCUT2D eigenvalue weighted by Gasteiger charge is -2.53. The van der Waals surface area contributed by atoms with Crippen molar-refractivity contribution >= 4 is 5.97 Å². The highest BCUT2D eigenvalue weighted by Crippen LogP contribution is 2.45. The van der Waals surface area contributed by atoms with Gasteiger partial charge in [0.15, 0.2) is 0 Å². The molecule has 1 aliphatic carbocycles. The van der Waals surface area contributed by atoms with Gasteiger partial charge in [-0.3, -0.25) is 9.69 Å². The lowest BCUT2D eigenvalue weighted by atomic mass is 9.66. The molecule has 0 unspecified atom stereocenters. The van der Waals surface area contributed by atoms with Crippen LogP contribution in [0.2, 0.25) is 0 Å². The lowest BCUT2D eigenvalue weighted by Crippen LogP contribution is -2.58. The molecule has 3 nitrogen and oxygen atoms in total. The highest BCUT2D eigenvalue weighted by Gasteiger charge is 2.47. The molecule has 0 bridgehead atoms. The first-order valence-corrected chi connectivity index (χ1v) is 7.57. The number of carbonyl (C=O) groups excluding carboxylic acids is 1. The highest BCUT2D eigenvalue weighted by atomic mass is 16.5. The van der Waals surface area contributed by atoms with Gasteiger partial charge in [0.1, 0.15) is 0 Å². The summed E-state index contributed by atoms with van der Waals surface area (Å²) in [5.74, 6) is 0.760. The van der Waals surface area contributed by atoms with E-state index in [9.17, 15) is 4.79 Å². The number of rotatable bonds is 4. The number of likely N-dealkylation sites (tertiary alicyclic amines) is 1. The molecule has 0 amide bonds. The molecule has 104 valence electrons. The minimum absolute atomic E-state index is 0.00588. The van der Waals surface area contributed by atoms with Crippen LogP contribution in [0.3, 0.4) is 0 Å². The van der Waals surface area contributed by atoms with Gasteiger partial charge in [-0.05, 0) is 51.6 Å². The number of hydrogen-bond donors (Lipinski definition) is 0. The van der Waals surface area contributed by atoms with E-state index in [4.69, 9.17) is 4.74 Å². The maximum atomic E-state index is 11.8. The summed E-state index contributed by atoms with van der Waals surface area (Å²) in [7, 11) is 0. The van der Waals surface area contributed by atoms with Crippen LogP contribution in [0.25, 0.3) is 0 Å². The molecule has 1 saturated heterocycles. The molecule has 0 aromatic carbocycles. The van der Waals surface area contributed by atoms with Gasteiger partial charge < -0.3 is 4.74 Å². The van der Waals surface area contributed by atoms with Gasteiger partial charge in [0, 0.05) is 5.54 Å². The normalized spacial score (nSPS) is 33.6. The summed E-state index contributed by atoms with van der Waals surface area (Å²) in [5, 5.41) is 0. The average molecular weight is 253 g/mol. The third-order valence-corrected chi connectivity index (χ3v) is 4.51. The summed E-state index contributed by atoms with van der Waals surface area (Å²) in [5.41, 5.74) is 0.135. The van der Waals surface area contributed by atoms with Crippen LogP contribution in [0.4, 0.5) is 0 Å². The molecule has 2 aliphatic rings. The Morgan fingerprint density at radius 1 is 1.22 bits per heavy atom. The maximum absolute atomic E-state index is 11.8. The second kappa shape index (κ2) is 6.05. The quantitative estimate of drug-likeness (QED) is 0.721. The standard InChI is InChI=1S/C15H27NO2/c1-3-18-14(17)12-15(10-13(2)11-15)16-8-6-4-5-7-9-16/h13H,3-12H2,1-2H3. The molecule has 2 rings (SSSR count). The molecule has 18 heavy (non-hydrogen) atoms. The van der Waals surface area contributed by atoms with E-state index in [1.54, 1.807) is 0 Å². The molecule has 0 aromatic heterocycles. The first-order chi connectivity index (χ1) is 8.66.